The standard InChI is InChI=1S/C11H11I/c1-4-9-10(8(2)3)6-5-7-11(9)12/h1,5-8H,2-3H3. The van der Waals surface area contributed by atoms with Gasteiger partial charge in [-0.05, 0) is 40.1 Å². The quantitative estimate of drug-likeness (QED) is 0.542. The summed E-state index contributed by atoms with van der Waals surface area (Å²) in [6.45, 7) is 4.32. The smallest absolute Gasteiger partial charge is 0.0410 e. The van der Waals surface area contributed by atoms with Crippen molar-refractivity contribution in [2.24, 2.45) is 0 Å². The Labute approximate surface area is 87.5 Å². The molecular weight excluding hydrogens is 259 g/mol. The Morgan fingerprint density at radius 1 is 1.42 bits per heavy atom. The van der Waals surface area contributed by atoms with Crippen LogP contribution < -0.4 is 0 Å². The third kappa shape index (κ3) is 1.81. The number of hydrogen-bond donors (Lipinski definition) is 0. The number of terminal acetylenes is 1. The summed E-state index contributed by atoms with van der Waals surface area (Å²) in [5, 5.41) is 0. The van der Waals surface area contributed by atoms with E-state index in [-0.39, 0.29) is 0 Å². The second-order valence-electron chi connectivity index (χ2n) is 3.00. The van der Waals surface area contributed by atoms with E-state index in [1.165, 1.54) is 9.13 Å². The van der Waals surface area contributed by atoms with Crippen LogP contribution in [-0.2, 0) is 0 Å². The van der Waals surface area contributed by atoms with Crippen molar-refractivity contribution in [2.75, 3.05) is 0 Å². The molecule has 0 unspecified atom stereocenters. The van der Waals surface area contributed by atoms with Crippen molar-refractivity contribution in [1.29, 1.82) is 0 Å². The lowest BCUT2D eigenvalue weighted by Gasteiger charge is -2.09. The van der Waals surface area contributed by atoms with Crippen LogP contribution in [0, 0.1) is 15.9 Å². The van der Waals surface area contributed by atoms with Crippen LogP contribution in [0.25, 0.3) is 0 Å². The van der Waals surface area contributed by atoms with Gasteiger partial charge in [0.2, 0.25) is 0 Å². The van der Waals surface area contributed by atoms with Gasteiger partial charge >= 0.3 is 0 Å². The Morgan fingerprint density at radius 3 is 2.50 bits per heavy atom. The molecule has 0 aliphatic rings. The fourth-order valence-electron chi connectivity index (χ4n) is 1.17. The number of benzene rings is 1. The predicted octanol–water partition coefficient (Wildman–Crippen LogP) is 3.40. The van der Waals surface area contributed by atoms with Gasteiger partial charge in [-0.2, -0.15) is 0 Å². The maximum atomic E-state index is 5.43. The van der Waals surface area contributed by atoms with Crippen LogP contribution in [0.2, 0.25) is 0 Å². The monoisotopic (exact) mass is 270 g/mol. The van der Waals surface area contributed by atoms with Crippen LogP contribution in [-0.4, -0.2) is 0 Å². The summed E-state index contributed by atoms with van der Waals surface area (Å²) in [6.07, 6.45) is 5.43. The second kappa shape index (κ2) is 3.95. The molecule has 12 heavy (non-hydrogen) atoms. The highest BCUT2D eigenvalue weighted by atomic mass is 127. The molecule has 0 amide bonds. The summed E-state index contributed by atoms with van der Waals surface area (Å²) in [7, 11) is 0. The number of rotatable bonds is 1. The molecule has 1 heteroatoms. The van der Waals surface area contributed by atoms with E-state index >= 15 is 0 Å². The minimum Gasteiger partial charge on any atom is -0.115 e. The molecule has 0 heterocycles. The molecule has 0 atom stereocenters. The van der Waals surface area contributed by atoms with E-state index in [0.29, 0.717) is 5.92 Å². The molecule has 1 aromatic carbocycles. The maximum absolute atomic E-state index is 5.43. The van der Waals surface area contributed by atoms with Crippen LogP contribution in [0.1, 0.15) is 30.9 Å². The van der Waals surface area contributed by atoms with E-state index in [0.717, 1.165) is 5.56 Å². The molecule has 0 aliphatic heterocycles. The average molecular weight is 270 g/mol. The van der Waals surface area contributed by atoms with Gasteiger partial charge in [0.15, 0.2) is 0 Å². The van der Waals surface area contributed by atoms with Crippen molar-refractivity contribution >= 4 is 22.6 Å². The minimum absolute atomic E-state index is 0.505. The third-order valence-corrected chi connectivity index (χ3v) is 2.71. The lowest BCUT2D eigenvalue weighted by atomic mass is 9.98. The van der Waals surface area contributed by atoms with Crippen LogP contribution >= 0.6 is 22.6 Å². The Hall–Kier alpha value is -0.490. The molecule has 0 aromatic heterocycles. The molecule has 0 saturated carbocycles. The summed E-state index contributed by atoms with van der Waals surface area (Å²) >= 11 is 2.28. The molecule has 0 nitrogen and oxygen atoms in total. The largest absolute Gasteiger partial charge is 0.115 e. The molecule has 0 saturated heterocycles. The predicted molar refractivity (Wildman–Crippen MR) is 61.2 cm³/mol. The number of halogens is 1. The van der Waals surface area contributed by atoms with Gasteiger partial charge in [-0.3, -0.25) is 0 Å². The van der Waals surface area contributed by atoms with Crippen molar-refractivity contribution in [3.63, 3.8) is 0 Å². The first-order valence-electron chi connectivity index (χ1n) is 3.92. The van der Waals surface area contributed by atoms with Crippen molar-refractivity contribution in [3.05, 3.63) is 32.9 Å². The Bertz CT molecular complexity index is 318. The molecule has 1 aromatic rings. The first kappa shape index (κ1) is 9.60. The van der Waals surface area contributed by atoms with Crippen molar-refractivity contribution in [3.8, 4) is 12.3 Å². The van der Waals surface area contributed by atoms with Gasteiger partial charge in [-0.25, -0.2) is 0 Å². The van der Waals surface area contributed by atoms with E-state index in [2.05, 4.69) is 54.5 Å². The van der Waals surface area contributed by atoms with E-state index in [9.17, 15) is 0 Å². The zero-order valence-corrected chi connectivity index (χ0v) is 9.42. The van der Waals surface area contributed by atoms with Gasteiger partial charge < -0.3 is 0 Å². The Kier molecular flexibility index (Phi) is 3.16. The topological polar surface area (TPSA) is 0 Å². The van der Waals surface area contributed by atoms with Crippen LogP contribution in [0.3, 0.4) is 0 Å². The van der Waals surface area contributed by atoms with Crippen LogP contribution in [0.15, 0.2) is 18.2 Å². The average Bonchev–Trinajstić information content (AvgIpc) is 2.03. The number of hydrogen-bond acceptors (Lipinski definition) is 0. The summed E-state index contributed by atoms with van der Waals surface area (Å²) in [5.41, 5.74) is 2.32. The van der Waals surface area contributed by atoms with E-state index in [4.69, 9.17) is 6.42 Å². The lowest BCUT2D eigenvalue weighted by Crippen LogP contribution is -1.94. The van der Waals surface area contributed by atoms with Gasteiger partial charge in [0.25, 0.3) is 0 Å². The molecule has 0 bridgehead atoms. The van der Waals surface area contributed by atoms with Crippen molar-refractivity contribution in [1.82, 2.24) is 0 Å². The molecule has 1 rings (SSSR count). The first-order chi connectivity index (χ1) is 5.66. The van der Waals surface area contributed by atoms with Gasteiger partial charge in [-0.15, -0.1) is 6.42 Å². The summed E-state index contributed by atoms with van der Waals surface area (Å²) in [6, 6.07) is 6.20. The molecule has 0 radical (unpaired) electrons. The fourth-order valence-corrected chi connectivity index (χ4v) is 1.85. The van der Waals surface area contributed by atoms with Gasteiger partial charge in [0, 0.05) is 9.13 Å². The van der Waals surface area contributed by atoms with Crippen LogP contribution in [0.5, 0.6) is 0 Å². The molecule has 0 aliphatic carbocycles. The van der Waals surface area contributed by atoms with Gasteiger partial charge in [-0.1, -0.05) is 31.9 Å². The van der Waals surface area contributed by atoms with Crippen molar-refractivity contribution in [2.45, 2.75) is 19.8 Å². The zero-order chi connectivity index (χ0) is 9.14. The molecule has 0 N–H and O–H groups in total. The molecule has 62 valence electrons. The maximum Gasteiger partial charge on any atom is 0.0410 e. The van der Waals surface area contributed by atoms with E-state index in [1.54, 1.807) is 0 Å². The van der Waals surface area contributed by atoms with E-state index in [1.807, 2.05) is 6.07 Å². The molecule has 0 fully saturated rings. The SMILES string of the molecule is C#Cc1c(I)cccc1C(C)C. The minimum atomic E-state index is 0.505. The highest BCUT2D eigenvalue weighted by Gasteiger charge is 2.06. The fraction of sp³-hybridized carbons (Fsp3) is 0.273. The highest BCUT2D eigenvalue weighted by Crippen LogP contribution is 2.22. The lowest BCUT2D eigenvalue weighted by molar-refractivity contribution is 0.862. The summed E-state index contributed by atoms with van der Waals surface area (Å²) in [5.74, 6) is 3.24. The van der Waals surface area contributed by atoms with Gasteiger partial charge in [0.1, 0.15) is 0 Å². The van der Waals surface area contributed by atoms with E-state index < -0.39 is 0 Å². The third-order valence-electron chi connectivity index (χ3n) is 1.81. The zero-order valence-electron chi connectivity index (χ0n) is 7.26. The molecule has 0 spiro atoms. The summed E-state index contributed by atoms with van der Waals surface area (Å²) < 4.78 is 1.17. The normalized spacial score (nSPS) is 9.92. The second-order valence-corrected chi connectivity index (χ2v) is 4.17. The molecular formula is C11H11I. The van der Waals surface area contributed by atoms with Gasteiger partial charge in [0.05, 0.1) is 0 Å². The van der Waals surface area contributed by atoms with Crippen molar-refractivity contribution < 1.29 is 0 Å². The summed E-state index contributed by atoms with van der Waals surface area (Å²) in [4.78, 5) is 0. The first-order valence-corrected chi connectivity index (χ1v) is 4.99. The van der Waals surface area contributed by atoms with Crippen LogP contribution in [0.4, 0.5) is 0 Å². The Morgan fingerprint density at radius 2 is 2.08 bits per heavy atom. The Balaban J connectivity index is 3.30. The highest BCUT2D eigenvalue weighted by molar-refractivity contribution is 14.1.